The molecule has 0 spiro atoms. The van der Waals surface area contributed by atoms with Gasteiger partial charge in [-0.1, -0.05) is 11.6 Å². The third-order valence-corrected chi connectivity index (χ3v) is 5.57. The summed E-state index contributed by atoms with van der Waals surface area (Å²) in [5, 5.41) is 18.2. The molecule has 0 aliphatic rings. The van der Waals surface area contributed by atoms with E-state index in [2.05, 4.69) is 20.2 Å². The molecule has 1 amide bonds. The molecule has 2 atom stereocenters. The Morgan fingerprint density at radius 3 is 2.51 bits per heavy atom. The maximum Gasteiger partial charge on any atom is 0.416 e. The maximum atomic E-state index is 14.5. The Morgan fingerprint density at radius 2 is 1.90 bits per heavy atom. The van der Waals surface area contributed by atoms with Crippen molar-refractivity contribution in [1.82, 2.24) is 34.1 Å². The molecule has 0 saturated carbocycles. The quantitative estimate of drug-likeness (QED) is 0.306. The van der Waals surface area contributed by atoms with Crippen LogP contribution in [0.4, 0.5) is 22.4 Å². The molecule has 0 aliphatic heterocycles. The van der Waals surface area contributed by atoms with Gasteiger partial charge in [0, 0.05) is 16.8 Å². The van der Waals surface area contributed by atoms with Crippen LogP contribution in [0.15, 0.2) is 47.4 Å². The minimum atomic E-state index is -5.00. The second kappa shape index (κ2) is 10.8. The highest BCUT2D eigenvalue weighted by Gasteiger charge is 2.39. The van der Waals surface area contributed by atoms with Gasteiger partial charge in [-0.3, -0.25) is 4.57 Å². The van der Waals surface area contributed by atoms with E-state index in [0.717, 1.165) is 15.4 Å². The van der Waals surface area contributed by atoms with E-state index in [4.69, 9.17) is 22.1 Å². The Hall–Kier alpha value is -4.31. The van der Waals surface area contributed by atoms with E-state index >= 15 is 0 Å². The van der Waals surface area contributed by atoms with Crippen LogP contribution in [0.1, 0.15) is 24.7 Å². The SMILES string of the molecule is C[C@@H](OC(N)=O)c1nc(Cn2nc(-c3ccc(Cl)cc3)n(C[C@H](O)C(F)(F)F)c2=O)nn1-c1ncccc1F. The lowest BCUT2D eigenvalue weighted by molar-refractivity contribution is -0.207. The molecule has 17 heteroatoms. The fourth-order valence-electron chi connectivity index (χ4n) is 3.55. The Kier molecular flexibility index (Phi) is 7.69. The highest BCUT2D eigenvalue weighted by Crippen LogP contribution is 2.25. The number of carbonyl (C=O) groups is 1. The number of ether oxygens (including phenoxy) is 1. The highest BCUT2D eigenvalue weighted by molar-refractivity contribution is 6.30. The normalized spacial score (nSPS) is 13.3. The number of pyridine rings is 1. The van der Waals surface area contributed by atoms with Gasteiger partial charge in [0.1, 0.15) is 6.54 Å². The molecule has 4 aromatic rings. The van der Waals surface area contributed by atoms with E-state index < -0.39 is 49.1 Å². The number of rotatable bonds is 8. The number of amides is 1. The Balaban J connectivity index is 1.79. The van der Waals surface area contributed by atoms with Gasteiger partial charge in [0.15, 0.2) is 41.3 Å². The van der Waals surface area contributed by atoms with Crippen molar-refractivity contribution in [2.75, 3.05) is 0 Å². The van der Waals surface area contributed by atoms with Crippen LogP contribution in [0, 0.1) is 5.82 Å². The first-order valence-corrected chi connectivity index (χ1v) is 11.4. The van der Waals surface area contributed by atoms with Crippen molar-refractivity contribution < 1.29 is 32.2 Å². The number of carbonyl (C=O) groups excluding carboxylic acids is 1. The van der Waals surface area contributed by atoms with E-state index in [0.29, 0.717) is 9.59 Å². The minimum Gasteiger partial charge on any atom is -0.438 e. The van der Waals surface area contributed by atoms with Gasteiger partial charge in [0.05, 0.1) is 6.54 Å². The van der Waals surface area contributed by atoms with Crippen LogP contribution in [-0.2, 0) is 17.8 Å². The molecule has 0 aliphatic carbocycles. The number of halogens is 5. The summed E-state index contributed by atoms with van der Waals surface area (Å²) in [5.41, 5.74) is 4.30. The van der Waals surface area contributed by atoms with Gasteiger partial charge < -0.3 is 15.6 Å². The summed E-state index contributed by atoms with van der Waals surface area (Å²) >= 11 is 5.89. The first-order chi connectivity index (χ1) is 18.3. The van der Waals surface area contributed by atoms with E-state index in [1.807, 2.05) is 0 Å². The molecule has 4 rings (SSSR count). The molecule has 0 unspecified atom stereocenters. The summed E-state index contributed by atoms with van der Waals surface area (Å²) in [6.07, 6.45) is -8.87. The number of nitrogens with zero attached hydrogens (tertiary/aromatic N) is 7. The zero-order valence-corrected chi connectivity index (χ0v) is 20.6. The lowest BCUT2D eigenvalue weighted by atomic mass is 10.2. The van der Waals surface area contributed by atoms with Gasteiger partial charge in [0.25, 0.3) is 0 Å². The summed E-state index contributed by atoms with van der Waals surface area (Å²) in [4.78, 5) is 32.5. The third-order valence-electron chi connectivity index (χ3n) is 5.32. The molecule has 39 heavy (non-hydrogen) atoms. The van der Waals surface area contributed by atoms with Gasteiger partial charge in [-0.15, -0.1) is 10.2 Å². The Bertz CT molecular complexity index is 1550. The Labute approximate surface area is 221 Å². The minimum absolute atomic E-state index is 0.112. The third kappa shape index (κ3) is 6.06. The summed E-state index contributed by atoms with van der Waals surface area (Å²) in [5.74, 6) is -1.56. The van der Waals surface area contributed by atoms with Crippen molar-refractivity contribution >= 4 is 17.7 Å². The van der Waals surface area contributed by atoms with Crippen molar-refractivity contribution in [3.63, 3.8) is 0 Å². The smallest absolute Gasteiger partial charge is 0.416 e. The summed E-state index contributed by atoms with van der Waals surface area (Å²) < 4.78 is 61.1. The molecular weight excluding hydrogens is 552 g/mol. The molecule has 206 valence electrons. The summed E-state index contributed by atoms with van der Waals surface area (Å²) in [7, 11) is 0. The van der Waals surface area contributed by atoms with Crippen LogP contribution < -0.4 is 11.4 Å². The lowest BCUT2D eigenvalue weighted by Gasteiger charge is -2.15. The molecular formula is C22H19ClF4N8O4. The topological polar surface area (TPSA) is 156 Å². The Morgan fingerprint density at radius 1 is 1.21 bits per heavy atom. The molecule has 12 nitrogen and oxygen atoms in total. The van der Waals surface area contributed by atoms with Gasteiger partial charge in [-0.05, 0) is 43.3 Å². The van der Waals surface area contributed by atoms with Crippen LogP contribution in [0.3, 0.4) is 0 Å². The zero-order valence-electron chi connectivity index (χ0n) is 19.9. The monoisotopic (exact) mass is 570 g/mol. The van der Waals surface area contributed by atoms with Crippen LogP contribution >= 0.6 is 11.6 Å². The standard InChI is InChI=1S/C22H19ClF4N8O4/c1-11(39-20(28)37)17-30-16(31-35(17)19-14(24)3-2-8-29-19)10-34-21(38)33(9-15(36)22(25,26)27)18(32-34)12-4-6-13(23)7-5-12/h2-8,11,15,36H,9-10H2,1H3,(H2,28,37)/t11-,15+/m1/s1. The molecule has 0 bridgehead atoms. The number of alkyl halides is 3. The van der Waals surface area contributed by atoms with E-state index in [1.54, 1.807) is 0 Å². The fraction of sp³-hybridized carbons (Fsp3) is 0.273. The van der Waals surface area contributed by atoms with Crippen molar-refractivity contribution in [3.05, 3.63) is 75.6 Å². The molecule has 3 heterocycles. The lowest BCUT2D eigenvalue weighted by Crippen LogP contribution is -2.37. The molecule has 0 saturated heterocycles. The fourth-order valence-corrected chi connectivity index (χ4v) is 3.67. The number of aliphatic hydroxyl groups excluding tert-OH is 1. The van der Waals surface area contributed by atoms with E-state index in [1.165, 1.54) is 43.5 Å². The van der Waals surface area contributed by atoms with Crippen LogP contribution in [-0.4, -0.2) is 57.6 Å². The van der Waals surface area contributed by atoms with Crippen LogP contribution in [0.25, 0.3) is 17.2 Å². The average Bonchev–Trinajstić information content (AvgIpc) is 3.41. The predicted octanol–water partition coefficient (Wildman–Crippen LogP) is 2.61. The van der Waals surface area contributed by atoms with Crippen molar-refractivity contribution in [2.45, 2.75) is 38.4 Å². The van der Waals surface area contributed by atoms with Gasteiger partial charge in [0.2, 0.25) is 0 Å². The van der Waals surface area contributed by atoms with Crippen molar-refractivity contribution in [3.8, 4) is 17.2 Å². The van der Waals surface area contributed by atoms with Gasteiger partial charge in [-0.25, -0.2) is 28.6 Å². The number of primary amides is 1. The second-order valence-corrected chi connectivity index (χ2v) is 8.56. The second-order valence-electron chi connectivity index (χ2n) is 8.12. The van der Waals surface area contributed by atoms with Crippen molar-refractivity contribution in [2.24, 2.45) is 5.73 Å². The highest BCUT2D eigenvalue weighted by atomic mass is 35.5. The summed E-state index contributed by atoms with van der Waals surface area (Å²) in [6.45, 7) is -0.254. The number of nitrogens with two attached hydrogens (primary N) is 1. The first kappa shape index (κ1) is 27.7. The van der Waals surface area contributed by atoms with Crippen LogP contribution in [0.5, 0.6) is 0 Å². The summed E-state index contributed by atoms with van der Waals surface area (Å²) in [6, 6.07) is 8.19. The average molecular weight is 571 g/mol. The number of aliphatic hydroxyl groups is 1. The maximum absolute atomic E-state index is 14.5. The van der Waals surface area contributed by atoms with Crippen LogP contribution in [0.2, 0.25) is 5.02 Å². The predicted molar refractivity (Wildman–Crippen MR) is 126 cm³/mol. The number of hydrogen-bond acceptors (Lipinski definition) is 8. The number of hydrogen-bond donors (Lipinski definition) is 2. The first-order valence-electron chi connectivity index (χ1n) is 11.1. The van der Waals surface area contributed by atoms with Gasteiger partial charge in [-0.2, -0.15) is 17.9 Å². The van der Waals surface area contributed by atoms with E-state index in [-0.39, 0.29) is 28.9 Å². The van der Waals surface area contributed by atoms with Crippen molar-refractivity contribution in [1.29, 1.82) is 0 Å². The largest absolute Gasteiger partial charge is 0.438 e. The molecule has 3 aromatic heterocycles. The number of aromatic nitrogens is 7. The van der Waals surface area contributed by atoms with Gasteiger partial charge >= 0.3 is 18.0 Å². The molecule has 1 aromatic carbocycles. The number of benzene rings is 1. The molecule has 0 radical (unpaired) electrons. The van der Waals surface area contributed by atoms with E-state index in [9.17, 15) is 32.3 Å². The molecule has 0 fully saturated rings. The zero-order chi connectivity index (χ0) is 28.5. The molecule has 3 N–H and O–H groups in total.